The molecule has 0 radical (unpaired) electrons. The van der Waals surface area contributed by atoms with Gasteiger partial charge in [-0.1, -0.05) is 0 Å². The molecule has 0 atom stereocenters. The summed E-state index contributed by atoms with van der Waals surface area (Å²) in [6.45, 7) is 6.35. The van der Waals surface area contributed by atoms with Gasteiger partial charge in [0.05, 0.1) is 6.54 Å². The molecular weight excluding hydrogens is 208 g/mol. The van der Waals surface area contributed by atoms with Gasteiger partial charge in [0.2, 0.25) is 5.76 Å². The topological polar surface area (TPSA) is 65.7 Å². The highest BCUT2D eigenvalue weighted by atomic mass is 16.4. The third-order valence-corrected chi connectivity index (χ3v) is 2.75. The Bertz CT molecular complexity index is 381. The zero-order valence-corrected chi connectivity index (χ0v) is 9.32. The molecule has 0 saturated carbocycles. The molecule has 1 aliphatic heterocycles. The molecule has 0 unspecified atom stereocenters. The number of aromatic carboxylic acids is 1. The van der Waals surface area contributed by atoms with E-state index in [2.05, 4.69) is 10.2 Å². The minimum atomic E-state index is -0.996. The lowest BCUT2D eigenvalue weighted by atomic mass is 10.2. The third kappa shape index (κ3) is 2.43. The molecule has 1 aromatic heterocycles. The van der Waals surface area contributed by atoms with Gasteiger partial charge in [0.25, 0.3) is 0 Å². The first-order valence-electron chi connectivity index (χ1n) is 5.42. The lowest BCUT2D eigenvalue weighted by molar-refractivity contribution is 0.0657. The van der Waals surface area contributed by atoms with Crippen LogP contribution in [0.3, 0.4) is 0 Å². The number of hydrogen-bond acceptors (Lipinski definition) is 4. The standard InChI is InChI=1S/C11H16N2O3/c1-8-6-9(16-10(8)11(14)15)7-13-4-2-12-3-5-13/h6,12H,2-5,7H2,1H3,(H,14,15). The molecule has 2 rings (SSSR count). The molecule has 16 heavy (non-hydrogen) atoms. The van der Waals surface area contributed by atoms with E-state index in [1.54, 1.807) is 6.92 Å². The van der Waals surface area contributed by atoms with Crippen LogP contribution in [-0.4, -0.2) is 42.2 Å². The van der Waals surface area contributed by atoms with E-state index < -0.39 is 5.97 Å². The van der Waals surface area contributed by atoms with Crippen LogP contribution in [-0.2, 0) is 6.54 Å². The quantitative estimate of drug-likeness (QED) is 0.790. The monoisotopic (exact) mass is 224 g/mol. The first-order valence-corrected chi connectivity index (χ1v) is 5.42. The molecule has 0 bridgehead atoms. The Kier molecular flexibility index (Phi) is 3.26. The minimum absolute atomic E-state index is 0.0603. The SMILES string of the molecule is Cc1cc(CN2CCNCC2)oc1C(=O)O. The molecule has 5 heteroatoms. The molecular formula is C11H16N2O3. The third-order valence-electron chi connectivity index (χ3n) is 2.75. The Labute approximate surface area is 94.0 Å². The van der Waals surface area contributed by atoms with Crippen LogP contribution >= 0.6 is 0 Å². The number of piperazine rings is 1. The van der Waals surface area contributed by atoms with Gasteiger partial charge in [-0.3, -0.25) is 4.90 Å². The van der Waals surface area contributed by atoms with Gasteiger partial charge in [-0.25, -0.2) is 4.79 Å². The summed E-state index contributed by atoms with van der Waals surface area (Å²) < 4.78 is 5.32. The number of carboxylic acid groups (broad SMARTS) is 1. The number of nitrogens with zero attached hydrogens (tertiary/aromatic N) is 1. The Balaban J connectivity index is 2.03. The smallest absolute Gasteiger partial charge is 0.372 e. The van der Waals surface area contributed by atoms with Crippen LogP contribution in [0.25, 0.3) is 0 Å². The van der Waals surface area contributed by atoms with E-state index in [4.69, 9.17) is 9.52 Å². The van der Waals surface area contributed by atoms with Crippen molar-refractivity contribution >= 4 is 5.97 Å². The largest absolute Gasteiger partial charge is 0.475 e. The molecule has 1 aliphatic rings. The number of carboxylic acids is 1. The maximum absolute atomic E-state index is 10.8. The zero-order valence-electron chi connectivity index (χ0n) is 9.32. The number of furan rings is 1. The highest BCUT2D eigenvalue weighted by molar-refractivity contribution is 5.86. The number of aryl methyl sites for hydroxylation is 1. The van der Waals surface area contributed by atoms with Crippen molar-refractivity contribution in [2.45, 2.75) is 13.5 Å². The summed E-state index contributed by atoms with van der Waals surface area (Å²) in [6, 6.07) is 1.81. The molecule has 0 amide bonds. The van der Waals surface area contributed by atoms with Gasteiger partial charge in [-0.2, -0.15) is 0 Å². The van der Waals surface area contributed by atoms with Crippen LogP contribution in [0, 0.1) is 6.92 Å². The maximum atomic E-state index is 10.8. The molecule has 88 valence electrons. The van der Waals surface area contributed by atoms with Crippen LogP contribution in [0.4, 0.5) is 0 Å². The first kappa shape index (κ1) is 11.2. The van der Waals surface area contributed by atoms with Crippen molar-refractivity contribution in [3.8, 4) is 0 Å². The fraction of sp³-hybridized carbons (Fsp3) is 0.545. The lowest BCUT2D eigenvalue weighted by Crippen LogP contribution is -2.42. The molecule has 0 spiro atoms. The predicted molar refractivity (Wildman–Crippen MR) is 58.6 cm³/mol. The second kappa shape index (κ2) is 4.67. The predicted octanol–water partition coefficient (Wildman–Crippen LogP) is 0.691. The van der Waals surface area contributed by atoms with Crippen molar-refractivity contribution < 1.29 is 14.3 Å². The Morgan fingerprint density at radius 1 is 1.56 bits per heavy atom. The van der Waals surface area contributed by atoms with Crippen LogP contribution in [0.15, 0.2) is 10.5 Å². The normalized spacial score (nSPS) is 17.6. The van der Waals surface area contributed by atoms with Crippen molar-refractivity contribution in [3.05, 3.63) is 23.2 Å². The average molecular weight is 224 g/mol. The van der Waals surface area contributed by atoms with Crippen molar-refractivity contribution in [1.29, 1.82) is 0 Å². The van der Waals surface area contributed by atoms with Crippen LogP contribution in [0.5, 0.6) is 0 Å². The molecule has 2 heterocycles. The second-order valence-electron chi connectivity index (χ2n) is 4.06. The van der Waals surface area contributed by atoms with Gasteiger partial charge in [0.1, 0.15) is 5.76 Å². The fourth-order valence-electron chi connectivity index (χ4n) is 1.93. The molecule has 1 fully saturated rings. The van der Waals surface area contributed by atoms with Gasteiger partial charge in [0.15, 0.2) is 0 Å². The summed E-state index contributed by atoms with van der Waals surface area (Å²) in [7, 11) is 0. The number of nitrogens with one attached hydrogen (secondary N) is 1. The van der Waals surface area contributed by atoms with E-state index in [1.807, 2.05) is 6.07 Å². The Morgan fingerprint density at radius 3 is 2.81 bits per heavy atom. The summed E-state index contributed by atoms with van der Waals surface area (Å²) >= 11 is 0. The Morgan fingerprint density at radius 2 is 2.25 bits per heavy atom. The highest BCUT2D eigenvalue weighted by Crippen LogP contribution is 2.16. The molecule has 0 aliphatic carbocycles. The summed E-state index contributed by atoms with van der Waals surface area (Å²) in [4.78, 5) is 13.1. The average Bonchev–Trinajstić information content (AvgIpc) is 2.61. The van der Waals surface area contributed by atoms with Crippen LogP contribution < -0.4 is 5.32 Å². The van der Waals surface area contributed by atoms with E-state index >= 15 is 0 Å². The van der Waals surface area contributed by atoms with Crippen molar-refractivity contribution in [2.75, 3.05) is 26.2 Å². The summed E-state index contributed by atoms with van der Waals surface area (Å²) in [6.07, 6.45) is 0. The Hall–Kier alpha value is -1.33. The molecule has 1 aromatic rings. The molecule has 0 aromatic carbocycles. The number of carbonyl (C=O) groups is 1. The van der Waals surface area contributed by atoms with Gasteiger partial charge < -0.3 is 14.8 Å². The van der Waals surface area contributed by atoms with Gasteiger partial charge in [-0.15, -0.1) is 0 Å². The highest BCUT2D eigenvalue weighted by Gasteiger charge is 2.17. The molecule has 1 saturated heterocycles. The minimum Gasteiger partial charge on any atom is -0.475 e. The van der Waals surface area contributed by atoms with Gasteiger partial charge in [0, 0.05) is 31.7 Å². The fourth-order valence-corrected chi connectivity index (χ4v) is 1.93. The zero-order chi connectivity index (χ0) is 11.5. The van der Waals surface area contributed by atoms with Gasteiger partial charge in [-0.05, 0) is 13.0 Å². The number of rotatable bonds is 3. The summed E-state index contributed by atoms with van der Waals surface area (Å²) in [5.41, 5.74) is 0.692. The van der Waals surface area contributed by atoms with E-state index in [0.717, 1.165) is 31.9 Å². The number of hydrogen-bond donors (Lipinski definition) is 2. The van der Waals surface area contributed by atoms with Crippen molar-refractivity contribution in [3.63, 3.8) is 0 Å². The van der Waals surface area contributed by atoms with Crippen LogP contribution in [0.1, 0.15) is 21.9 Å². The summed E-state index contributed by atoms with van der Waals surface area (Å²) in [5, 5.41) is 12.1. The van der Waals surface area contributed by atoms with E-state index in [9.17, 15) is 4.79 Å². The van der Waals surface area contributed by atoms with E-state index in [0.29, 0.717) is 12.1 Å². The van der Waals surface area contributed by atoms with E-state index in [-0.39, 0.29) is 5.76 Å². The van der Waals surface area contributed by atoms with Gasteiger partial charge >= 0.3 is 5.97 Å². The summed E-state index contributed by atoms with van der Waals surface area (Å²) in [5.74, 6) is -0.203. The molecule has 5 nitrogen and oxygen atoms in total. The first-order chi connectivity index (χ1) is 7.66. The second-order valence-corrected chi connectivity index (χ2v) is 4.06. The van der Waals surface area contributed by atoms with Crippen LogP contribution in [0.2, 0.25) is 0 Å². The maximum Gasteiger partial charge on any atom is 0.372 e. The van der Waals surface area contributed by atoms with Crippen molar-refractivity contribution in [1.82, 2.24) is 10.2 Å². The molecule has 2 N–H and O–H groups in total. The lowest BCUT2D eigenvalue weighted by Gasteiger charge is -2.26. The van der Waals surface area contributed by atoms with Crippen molar-refractivity contribution in [2.24, 2.45) is 0 Å². The van der Waals surface area contributed by atoms with E-state index in [1.165, 1.54) is 0 Å².